The van der Waals surface area contributed by atoms with E-state index in [1.165, 1.54) is 122 Å². The van der Waals surface area contributed by atoms with E-state index in [-0.39, 0.29) is 26.1 Å². The minimum atomic E-state index is -4.65. The van der Waals surface area contributed by atoms with Crippen molar-refractivity contribution in [2.24, 2.45) is 0 Å². The maximum Gasteiger partial charge on any atom is 0.306 e. The zero-order valence-corrected chi connectivity index (χ0v) is 42.9. The van der Waals surface area contributed by atoms with E-state index in [1.807, 2.05) is 21.1 Å². The van der Waals surface area contributed by atoms with Gasteiger partial charge in [0.2, 0.25) is 0 Å². The molecule has 9 nitrogen and oxygen atoms in total. The molecule has 0 amide bonds. The lowest BCUT2D eigenvalue weighted by atomic mass is 10.0. The van der Waals surface area contributed by atoms with Gasteiger partial charge in [-0.3, -0.25) is 14.2 Å². The van der Waals surface area contributed by atoms with Crippen LogP contribution in [0.5, 0.6) is 0 Å². The predicted octanol–water partition coefficient (Wildman–Crippen LogP) is 15.0. The van der Waals surface area contributed by atoms with Gasteiger partial charge in [-0.15, -0.1) is 0 Å². The first-order chi connectivity index (χ1) is 31.0. The van der Waals surface area contributed by atoms with E-state index >= 15 is 0 Å². The third-order valence-electron chi connectivity index (χ3n) is 11.0. The summed E-state index contributed by atoms with van der Waals surface area (Å²) in [6, 6.07) is 0. The first-order valence-corrected chi connectivity index (χ1v) is 27.5. The number of ether oxygens (including phenoxy) is 2. The molecule has 10 heteroatoms. The van der Waals surface area contributed by atoms with Gasteiger partial charge < -0.3 is 27.9 Å². The fraction of sp³-hybridized carbons (Fsp3) is 0.778. The molecule has 0 N–H and O–H groups in total. The Morgan fingerprint density at radius 3 is 1.38 bits per heavy atom. The molecule has 0 aliphatic carbocycles. The van der Waals surface area contributed by atoms with Gasteiger partial charge in [-0.25, -0.2) is 0 Å². The molecule has 0 aliphatic heterocycles. The summed E-state index contributed by atoms with van der Waals surface area (Å²) in [5.74, 6) is -0.906. The van der Waals surface area contributed by atoms with Crippen LogP contribution in [-0.2, 0) is 32.7 Å². The van der Waals surface area contributed by atoms with Crippen LogP contribution in [0.25, 0.3) is 0 Å². The second-order valence-corrected chi connectivity index (χ2v) is 19.9. The SMILES string of the molecule is CCC/C=C/C/C=C/C/C=C/C/C=C/CCCCCC(=O)OC[C@H](COP(=O)([O-])OCC[N+](C)(C)C)OC(=O)CCC/C=C/CCCCCCCCCCCCCCCCCCCC. The lowest BCUT2D eigenvalue weighted by Crippen LogP contribution is -2.37. The number of rotatable bonds is 47. The Hall–Kier alpha value is -2.29. The highest BCUT2D eigenvalue weighted by Gasteiger charge is 2.21. The minimum absolute atomic E-state index is 0.0426. The van der Waals surface area contributed by atoms with Crippen molar-refractivity contribution in [2.75, 3.05) is 47.5 Å². The standard InChI is InChI=1S/C54H98NO8P/c1-6-8-10-12-14-16-18-20-22-24-25-26-27-28-29-31-33-35-37-39-41-43-45-47-54(57)63-52(51-62-64(58,59)61-49-48-55(3,4)5)50-60-53(56)46-44-42-40-38-36-34-32-30-23-21-19-17-15-13-11-9-7-2/h11,13,17,19,23,30,34,36,39,41,52H,6-10,12,14-16,18,20-22,24-29,31-33,35,37-38,40,42-51H2,1-5H3/b13-11+,19-17+,30-23+,36-34+,41-39+/t52-/m1/s1. The van der Waals surface area contributed by atoms with Gasteiger partial charge >= 0.3 is 11.9 Å². The molecule has 0 aliphatic rings. The van der Waals surface area contributed by atoms with Gasteiger partial charge in [0.25, 0.3) is 7.82 Å². The average molecular weight is 920 g/mol. The number of allylic oxidation sites excluding steroid dienone is 10. The number of phosphoric ester groups is 1. The zero-order chi connectivity index (χ0) is 47.1. The Morgan fingerprint density at radius 1 is 0.484 bits per heavy atom. The topological polar surface area (TPSA) is 111 Å². The van der Waals surface area contributed by atoms with Crippen LogP contribution in [0.4, 0.5) is 0 Å². The first kappa shape index (κ1) is 61.7. The second-order valence-electron chi connectivity index (χ2n) is 18.5. The monoisotopic (exact) mass is 920 g/mol. The van der Waals surface area contributed by atoms with Crippen LogP contribution < -0.4 is 4.89 Å². The van der Waals surface area contributed by atoms with Crippen LogP contribution in [-0.4, -0.2) is 70.0 Å². The third kappa shape index (κ3) is 49.2. The lowest BCUT2D eigenvalue weighted by molar-refractivity contribution is -0.870. The molecule has 0 saturated carbocycles. The molecule has 0 fully saturated rings. The number of likely N-dealkylation sites (N-methyl/N-ethyl adjacent to an activating group) is 1. The fourth-order valence-corrected chi connectivity index (χ4v) is 7.67. The maximum atomic E-state index is 12.7. The Morgan fingerprint density at radius 2 is 0.891 bits per heavy atom. The second kappa shape index (κ2) is 45.8. The van der Waals surface area contributed by atoms with Crippen molar-refractivity contribution in [3.8, 4) is 0 Å². The number of carbonyl (C=O) groups excluding carboxylic acids is 2. The van der Waals surface area contributed by atoms with Crippen molar-refractivity contribution >= 4 is 19.8 Å². The summed E-state index contributed by atoms with van der Waals surface area (Å²) in [4.78, 5) is 37.7. The van der Waals surface area contributed by atoms with Crippen LogP contribution in [0.15, 0.2) is 60.8 Å². The number of carbonyl (C=O) groups is 2. The summed E-state index contributed by atoms with van der Waals surface area (Å²) >= 11 is 0. The molecule has 0 bridgehead atoms. The van der Waals surface area contributed by atoms with Gasteiger partial charge in [-0.05, 0) is 70.6 Å². The van der Waals surface area contributed by atoms with Gasteiger partial charge in [-0.1, -0.05) is 197 Å². The maximum absolute atomic E-state index is 12.7. The predicted molar refractivity (Wildman–Crippen MR) is 268 cm³/mol. The number of phosphoric acid groups is 1. The normalized spacial score (nSPS) is 13.9. The van der Waals surface area contributed by atoms with Crippen molar-refractivity contribution in [1.29, 1.82) is 0 Å². The van der Waals surface area contributed by atoms with E-state index in [9.17, 15) is 19.0 Å². The molecule has 0 aromatic rings. The van der Waals surface area contributed by atoms with E-state index in [1.54, 1.807) is 0 Å². The molecule has 2 atom stereocenters. The van der Waals surface area contributed by atoms with Crippen LogP contribution in [0.2, 0.25) is 0 Å². The number of hydrogen-bond acceptors (Lipinski definition) is 8. The Labute approximate surface area is 394 Å². The molecule has 0 rings (SSSR count). The molecule has 0 radical (unpaired) electrons. The van der Waals surface area contributed by atoms with E-state index in [4.69, 9.17) is 18.5 Å². The molecule has 1 unspecified atom stereocenters. The van der Waals surface area contributed by atoms with Gasteiger partial charge in [0.1, 0.15) is 19.8 Å². The summed E-state index contributed by atoms with van der Waals surface area (Å²) in [5.41, 5.74) is 0. The van der Waals surface area contributed by atoms with Gasteiger partial charge in [0.15, 0.2) is 6.10 Å². The van der Waals surface area contributed by atoms with Crippen LogP contribution in [0.1, 0.15) is 219 Å². The third-order valence-corrected chi connectivity index (χ3v) is 12.0. The molecule has 0 aromatic carbocycles. The molecule has 372 valence electrons. The largest absolute Gasteiger partial charge is 0.756 e. The van der Waals surface area contributed by atoms with Crippen molar-refractivity contribution < 1.29 is 42.1 Å². The van der Waals surface area contributed by atoms with Gasteiger partial charge in [0, 0.05) is 12.8 Å². The van der Waals surface area contributed by atoms with Gasteiger partial charge in [0.05, 0.1) is 27.7 Å². The van der Waals surface area contributed by atoms with Crippen molar-refractivity contribution in [2.45, 2.75) is 225 Å². The van der Waals surface area contributed by atoms with E-state index in [0.29, 0.717) is 23.9 Å². The van der Waals surface area contributed by atoms with E-state index in [0.717, 1.165) is 57.8 Å². The lowest BCUT2D eigenvalue weighted by Gasteiger charge is -2.28. The molecule has 0 heterocycles. The molecular formula is C54H98NO8P. The zero-order valence-electron chi connectivity index (χ0n) is 42.0. The fourth-order valence-electron chi connectivity index (χ4n) is 6.94. The van der Waals surface area contributed by atoms with Crippen molar-refractivity contribution in [1.82, 2.24) is 0 Å². The van der Waals surface area contributed by atoms with E-state index < -0.39 is 32.5 Å². The summed E-state index contributed by atoms with van der Waals surface area (Å²) in [5, 5.41) is 0. The van der Waals surface area contributed by atoms with Crippen molar-refractivity contribution in [3.05, 3.63) is 60.8 Å². The van der Waals surface area contributed by atoms with Gasteiger partial charge in [-0.2, -0.15) is 0 Å². The number of nitrogens with zero attached hydrogens (tertiary/aromatic N) is 1. The number of quaternary nitrogens is 1. The summed E-state index contributed by atoms with van der Waals surface area (Å²) in [7, 11) is 1.13. The Bertz CT molecular complexity index is 1270. The minimum Gasteiger partial charge on any atom is -0.756 e. The summed E-state index contributed by atoms with van der Waals surface area (Å²) in [6.07, 6.45) is 57.0. The molecular weight excluding hydrogens is 822 g/mol. The Balaban J connectivity index is 4.30. The van der Waals surface area contributed by atoms with Crippen LogP contribution in [0.3, 0.4) is 0 Å². The highest BCUT2D eigenvalue weighted by Crippen LogP contribution is 2.38. The highest BCUT2D eigenvalue weighted by molar-refractivity contribution is 7.45. The quantitative estimate of drug-likeness (QED) is 0.0195. The van der Waals surface area contributed by atoms with E-state index in [2.05, 4.69) is 74.6 Å². The van der Waals surface area contributed by atoms with Crippen LogP contribution in [0, 0.1) is 0 Å². The van der Waals surface area contributed by atoms with Crippen molar-refractivity contribution in [3.63, 3.8) is 0 Å². The number of hydrogen-bond donors (Lipinski definition) is 0. The molecule has 0 spiro atoms. The number of unbranched alkanes of at least 4 members (excludes halogenated alkanes) is 23. The molecule has 64 heavy (non-hydrogen) atoms. The first-order valence-electron chi connectivity index (χ1n) is 26.0. The average Bonchev–Trinajstić information content (AvgIpc) is 3.25. The number of esters is 2. The summed E-state index contributed by atoms with van der Waals surface area (Å²) < 4.78 is 34.0. The molecule has 0 saturated heterocycles. The smallest absolute Gasteiger partial charge is 0.306 e. The van der Waals surface area contributed by atoms with Crippen LogP contribution >= 0.6 is 7.82 Å². The highest BCUT2D eigenvalue weighted by atomic mass is 31.2. The molecule has 0 aromatic heterocycles. The summed E-state index contributed by atoms with van der Waals surface area (Å²) in [6.45, 7) is 4.11. The Kier molecular flexibility index (Phi) is 44.2.